The van der Waals surface area contributed by atoms with Crippen LogP contribution < -0.4 is 9.62 Å². The van der Waals surface area contributed by atoms with Crippen molar-refractivity contribution in [3.63, 3.8) is 0 Å². The third-order valence-electron chi connectivity index (χ3n) is 7.44. The Balaban J connectivity index is 1.74. The Morgan fingerprint density at radius 2 is 1.68 bits per heavy atom. The lowest BCUT2D eigenvalue weighted by molar-refractivity contribution is -0.141. The van der Waals surface area contributed by atoms with E-state index in [9.17, 15) is 31.2 Å². The van der Waals surface area contributed by atoms with Crippen molar-refractivity contribution in [3.05, 3.63) is 65.7 Å². The molecule has 1 aliphatic carbocycles. The van der Waals surface area contributed by atoms with Crippen molar-refractivity contribution in [1.29, 1.82) is 0 Å². The molecular weight excluding hydrogens is 555 g/mol. The number of carbonyl (C=O) groups is 2. The van der Waals surface area contributed by atoms with E-state index in [4.69, 9.17) is 0 Å². The minimum Gasteiger partial charge on any atom is -0.352 e. The molecule has 1 atom stereocenters. The highest BCUT2D eigenvalue weighted by molar-refractivity contribution is 7.92. The van der Waals surface area contributed by atoms with Gasteiger partial charge in [0.25, 0.3) is 0 Å². The van der Waals surface area contributed by atoms with E-state index in [1.54, 1.807) is 4.90 Å². The van der Waals surface area contributed by atoms with Crippen LogP contribution in [0.2, 0.25) is 0 Å². The lowest BCUT2D eigenvalue weighted by Gasteiger charge is -2.33. The number of rotatable bonds is 13. The maximum absolute atomic E-state index is 13.5. The van der Waals surface area contributed by atoms with Crippen LogP contribution in [0.3, 0.4) is 0 Å². The van der Waals surface area contributed by atoms with E-state index in [0.29, 0.717) is 19.4 Å². The predicted octanol–water partition coefficient (Wildman–Crippen LogP) is 5.55. The molecule has 11 heteroatoms. The van der Waals surface area contributed by atoms with Gasteiger partial charge in [0.2, 0.25) is 21.8 Å². The molecule has 7 nitrogen and oxygen atoms in total. The molecule has 0 saturated heterocycles. The van der Waals surface area contributed by atoms with Crippen molar-refractivity contribution in [3.8, 4) is 0 Å². The summed E-state index contributed by atoms with van der Waals surface area (Å²) < 4.78 is 65.6. The predicted molar refractivity (Wildman–Crippen MR) is 154 cm³/mol. The number of nitrogens with one attached hydrogen (secondary N) is 1. The van der Waals surface area contributed by atoms with Crippen LogP contribution in [0.4, 0.5) is 18.9 Å². The summed E-state index contributed by atoms with van der Waals surface area (Å²) in [7, 11) is -3.92. The molecule has 0 bridgehead atoms. The first-order chi connectivity index (χ1) is 19.4. The Labute approximate surface area is 241 Å². The van der Waals surface area contributed by atoms with E-state index in [1.807, 2.05) is 37.3 Å². The van der Waals surface area contributed by atoms with E-state index in [0.717, 1.165) is 66.4 Å². The molecule has 0 aromatic heterocycles. The molecule has 1 saturated carbocycles. The summed E-state index contributed by atoms with van der Waals surface area (Å²) in [5.41, 5.74) is -0.0591. The zero-order valence-corrected chi connectivity index (χ0v) is 24.5. The second-order valence-corrected chi connectivity index (χ2v) is 12.5. The normalized spacial score (nSPS) is 15.2. The number of anilines is 1. The maximum Gasteiger partial charge on any atom is 0.416 e. The number of sulfonamides is 1. The first-order valence-electron chi connectivity index (χ1n) is 14.2. The monoisotopic (exact) mass is 595 g/mol. The minimum absolute atomic E-state index is 0.0625. The van der Waals surface area contributed by atoms with Gasteiger partial charge in [0.05, 0.1) is 17.5 Å². The van der Waals surface area contributed by atoms with E-state index in [2.05, 4.69) is 5.32 Å². The third kappa shape index (κ3) is 9.76. The van der Waals surface area contributed by atoms with Gasteiger partial charge in [-0.25, -0.2) is 8.42 Å². The minimum atomic E-state index is -4.62. The van der Waals surface area contributed by atoms with Gasteiger partial charge in [-0.3, -0.25) is 13.9 Å². The van der Waals surface area contributed by atoms with Crippen LogP contribution in [0.25, 0.3) is 0 Å². The molecule has 2 amide bonds. The molecule has 2 aromatic rings. The van der Waals surface area contributed by atoms with Gasteiger partial charge in [0.1, 0.15) is 6.04 Å². The van der Waals surface area contributed by atoms with Crippen LogP contribution in [0.5, 0.6) is 0 Å². The van der Waals surface area contributed by atoms with Crippen LogP contribution in [-0.2, 0) is 32.2 Å². The van der Waals surface area contributed by atoms with Crippen LogP contribution >= 0.6 is 0 Å². The highest BCUT2D eigenvalue weighted by Crippen LogP contribution is 2.32. The molecule has 41 heavy (non-hydrogen) atoms. The Bertz CT molecular complexity index is 1250. The van der Waals surface area contributed by atoms with E-state index < -0.39 is 27.8 Å². The summed E-state index contributed by atoms with van der Waals surface area (Å²) in [6.07, 6.45) is 2.36. The number of hydrogen-bond acceptors (Lipinski definition) is 4. The fraction of sp³-hybridized carbons (Fsp3) is 0.533. The average molecular weight is 596 g/mol. The standard InChI is InChI=1S/C30H40F3N3O4S/c1-3-27(29(38)34-25-15-8-5-9-16-25)35(21-19-23-12-6-4-7-13-23)28(37)18-11-20-36(41(2,39)40)26-17-10-14-24(22-26)30(31,32)33/h4,6-7,10,12-14,17,22,25,27H,3,5,8-9,11,15-16,18-21H2,1-2H3,(H,34,38). The molecule has 2 aromatic carbocycles. The van der Waals surface area contributed by atoms with Crippen LogP contribution in [0, 0.1) is 0 Å². The lowest BCUT2D eigenvalue weighted by atomic mass is 9.95. The van der Waals surface area contributed by atoms with Gasteiger partial charge >= 0.3 is 6.18 Å². The quantitative estimate of drug-likeness (QED) is 0.329. The van der Waals surface area contributed by atoms with Crippen LogP contribution in [0.15, 0.2) is 54.6 Å². The van der Waals surface area contributed by atoms with Crippen molar-refractivity contribution in [2.75, 3.05) is 23.7 Å². The second kappa shape index (κ2) is 14.7. The molecule has 3 rings (SSSR count). The molecule has 0 aliphatic heterocycles. The smallest absolute Gasteiger partial charge is 0.352 e. The van der Waals surface area contributed by atoms with Crippen molar-refractivity contribution in [2.24, 2.45) is 0 Å². The molecule has 1 unspecified atom stereocenters. The largest absolute Gasteiger partial charge is 0.416 e. The molecule has 0 heterocycles. The molecule has 1 aliphatic rings. The first kappa shape index (κ1) is 32.4. The third-order valence-corrected chi connectivity index (χ3v) is 8.63. The Hall–Kier alpha value is -3.08. The highest BCUT2D eigenvalue weighted by atomic mass is 32.2. The molecule has 0 radical (unpaired) electrons. The van der Waals surface area contributed by atoms with Gasteiger partial charge < -0.3 is 10.2 Å². The average Bonchev–Trinajstić information content (AvgIpc) is 2.93. The summed E-state index contributed by atoms with van der Waals surface area (Å²) in [6, 6.07) is 13.1. The topological polar surface area (TPSA) is 86.8 Å². The zero-order chi connectivity index (χ0) is 30.0. The number of amides is 2. The lowest BCUT2D eigenvalue weighted by Crippen LogP contribution is -2.52. The first-order valence-corrected chi connectivity index (χ1v) is 16.0. The maximum atomic E-state index is 13.5. The van der Waals surface area contributed by atoms with Gasteiger partial charge in [0.15, 0.2) is 0 Å². The van der Waals surface area contributed by atoms with Crippen LogP contribution in [-0.4, -0.2) is 56.6 Å². The number of alkyl halides is 3. The second-order valence-electron chi connectivity index (χ2n) is 10.6. The Morgan fingerprint density at radius 3 is 2.29 bits per heavy atom. The van der Waals surface area contributed by atoms with Crippen molar-refractivity contribution in [2.45, 2.75) is 83.0 Å². The van der Waals surface area contributed by atoms with Gasteiger partial charge in [-0.15, -0.1) is 0 Å². The van der Waals surface area contributed by atoms with E-state index in [-0.39, 0.29) is 42.9 Å². The fourth-order valence-corrected chi connectivity index (χ4v) is 6.24. The van der Waals surface area contributed by atoms with Crippen LogP contribution in [0.1, 0.15) is 69.4 Å². The number of benzene rings is 2. The molecule has 1 fully saturated rings. The van der Waals surface area contributed by atoms with Gasteiger partial charge in [-0.1, -0.05) is 62.6 Å². The SMILES string of the molecule is CCC(C(=O)NC1CCCCC1)N(CCc1ccccc1)C(=O)CCCN(c1cccc(C(F)(F)F)c1)S(C)(=O)=O. The summed E-state index contributed by atoms with van der Waals surface area (Å²) in [4.78, 5) is 28.4. The number of carbonyl (C=O) groups excluding carboxylic acids is 2. The van der Waals surface area contributed by atoms with E-state index >= 15 is 0 Å². The molecular formula is C30H40F3N3O4S. The highest BCUT2D eigenvalue weighted by Gasteiger charge is 2.32. The van der Waals surface area contributed by atoms with Gasteiger partial charge in [-0.05, 0) is 55.9 Å². The summed E-state index contributed by atoms with van der Waals surface area (Å²) in [5.74, 6) is -0.494. The van der Waals surface area contributed by atoms with Crippen molar-refractivity contribution in [1.82, 2.24) is 10.2 Å². The fourth-order valence-electron chi connectivity index (χ4n) is 5.28. The summed E-state index contributed by atoms with van der Waals surface area (Å²) >= 11 is 0. The van der Waals surface area contributed by atoms with Gasteiger partial charge in [0, 0.05) is 25.6 Å². The Morgan fingerprint density at radius 1 is 1.00 bits per heavy atom. The number of hydrogen-bond donors (Lipinski definition) is 1. The van der Waals surface area contributed by atoms with Gasteiger partial charge in [-0.2, -0.15) is 13.2 Å². The molecule has 1 N–H and O–H groups in total. The molecule has 0 spiro atoms. The zero-order valence-electron chi connectivity index (χ0n) is 23.7. The van der Waals surface area contributed by atoms with Crippen molar-refractivity contribution >= 4 is 27.5 Å². The van der Waals surface area contributed by atoms with E-state index in [1.165, 1.54) is 6.07 Å². The summed E-state index contributed by atoms with van der Waals surface area (Å²) in [6.45, 7) is 1.99. The molecule has 226 valence electrons. The van der Waals surface area contributed by atoms with Crippen molar-refractivity contribution < 1.29 is 31.2 Å². The Kier molecular flexibility index (Phi) is 11.6. The number of nitrogens with zero attached hydrogens (tertiary/aromatic N) is 2. The summed E-state index contributed by atoms with van der Waals surface area (Å²) in [5, 5.41) is 3.12. The number of halogens is 3.